The normalized spacial score (nSPS) is 13.2. The van der Waals surface area contributed by atoms with Gasteiger partial charge in [-0.2, -0.15) is 0 Å². The van der Waals surface area contributed by atoms with Gasteiger partial charge in [0.25, 0.3) is 0 Å². The second kappa shape index (κ2) is 18.1. The smallest absolute Gasteiger partial charge is 0.354 e. The number of rotatable bonds is 19. The molecular formula is C22H42O6. The Morgan fingerprint density at radius 3 is 1.89 bits per heavy atom. The van der Waals surface area contributed by atoms with Gasteiger partial charge in [0, 0.05) is 13.5 Å². The molecule has 0 radical (unpaired) electrons. The molecule has 0 rings (SSSR count). The number of hydrogen-bond donors (Lipinski definition) is 3. The van der Waals surface area contributed by atoms with Crippen LogP contribution in [-0.2, 0) is 14.3 Å². The van der Waals surface area contributed by atoms with Crippen molar-refractivity contribution < 1.29 is 29.6 Å². The lowest BCUT2D eigenvalue weighted by Gasteiger charge is -2.27. The Kier molecular flexibility index (Phi) is 17.5. The first-order valence-corrected chi connectivity index (χ1v) is 10.9. The Balaban J connectivity index is 3.52. The second-order valence-corrected chi connectivity index (χ2v) is 7.37. The van der Waals surface area contributed by atoms with E-state index in [1.807, 2.05) is 0 Å². The zero-order valence-electron chi connectivity index (χ0n) is 17.9. The first-order valence-electron chi connectivity index (χ1n) is 10.9. The van der Waals surface area contributed by atoms with E-state index in [0.29, 0.717) is 6.42 Å². The van der Waals surface area contributed by atoms with Crippen molar-refractivity contribution in [2.45, 2.75) is 109 Å². The van der Waals surface area contributed by atoms with Gasteiger partial charge in [0.15, 0.2) is 6.10 Å². The van der Waals surface area contributed by atoms with Crippen molar-refractivity contribution in [1.29, 1.82) is 0 Å². The standard InChI is InChI=1S/C22H42O6/c1-3-4-5-6-7-8-9-10-11-12-13-14-15-16-17-18-21(24)28-22(25,26)20(19-23)27-2/h10-11,20,23,25-26H,3-9,12-19H2,1-2H3/b11-10-. The molecule has 0 spiro atoms. The van der Waals surface area contributed by atoms with Gasteiger partial charge >= 0.3 is 11.9 Å². The summed E-state index contributed by atoms with van der Waals surface area (Å²) in [5, 5.41) is 28.1. The van der Waals surface area contributed by atoms with Crippen LogP contribution in [0.3, 0.4) is 0 Å². The maximum Gasteiger partial charge on any atom is 0.354 e. The number of hydrogen-bond acceptors (Lipinski definition) is 6. The number of unbranched alkanes of at least 4 members (excludes halogenated alkanes) is 11. The number of aliphatic hydroxyl groups excluding tert-OH is 1. The third-order valence-electron chi connectivity index (χ3n) is 4.78. The Hall–Kier alpha value is -0.950. The van der Waals surface area contributed by atoms with Gasteiger partial charge in [-0.15, -0.1) is 0 Å². The molecule has 0 saturated carbocycles. The SMILES string of the molecule is CCCCCCCC/C=C\CCCCCCCC(=O)OC(O)(O)C(CO)OC. The highest BCUT2D eigenvalue weighted by atomic mass is 16.8. The van der Waals surface area contributed by atoms with Crippen LogP contribution >= 0.6 is 0 Å². The highest BCUT2D eigenvalue weighted by Gasteiger charge is 2.39. The summed E-state index contributed by atoms with van der Waals surface area (Å²) in [4.78, 5) is 11.6. The zero-order chi connectivity index (χ0) is 21.1. The predicted octanol–water partition coefficient (Wildman–Crippen LogP) is 4.21. The molecule has 3 N–H and O–H groups in total. The monoisotopic (exact) mass is 402 g/mol. The Morgan fingerprint density at radius 1 is 0.893 bits per heavy atom. The fourth-order valence-electron chi connectivity index (χ4n) is 2.97. The van der Waals surface area contributed by atoms with Crippen LogP contribution in [0.15, 0.2) is 12.2 Å². The molecular weight excluding hydrogens is 360 g/mol. The van der Waals surface area contributed by atoms with E-state index in [-0.39, 0.29) is 6.42 Å². The summed E-state index contributed by atoms with van der Waals surface area (Å²) >= 11 is 0. The average Bonchev–Trinajstić information content (AvgIpc) is 2.65. The van der Waals surface area contributed by atoms with Gasteiger partial charge < -0.3 is 24.8 Å². The summed E-state index contributed by atoms with van der Waals surface area (Å²) < 4.78 is 9.24. The highest BCUT2D eigenvalue weighted by Crippen LogP contribution is 2.15. The van der Waals surface area contributed by atoms with Crippen molar-refractivity contribution in [2.24, 2.45) is 0 Å². The van der Waals surface area contributed by atoms with Crippen LogP contribution < -0.4 is 0 Å². The van der Waals surface area contributed by atoms with Gasteiger partial charge in [0.05, 0.1) is 6.61 Å². The average molecular weight is 403 g/mol. The molecule has 0 aromatic carbocycles. The fraction of sp³-hybridized carbons (Fsp3) is 0.864. The lowest BCUT2D eigenvalue weighted by Crippen LogP contribution is -2.49. The molecule has 0 saturated heterocycles. The van der Waals surface area contributed by atoms with Crippen LogP contribution in [-0.4, -0.2) is 47.1 Å². The molecule has 166 valence electrons. The largest absolute Gasteiger partial charge is 0.406 e. The number of allylic oxidation sites excluding steroid dienone is 2. The molecule has 0 aliphatic rings. The van der Waals surface area contributed by atoms with E-state index in [1.165, 1.54) is 52.1 Å². The first-order chi connectivity index (χ1) is 13.5. The topological polar surface area (TPSA) is 96.2 Å². The molecule has 0 amide bonds. The number of aliphatic hydroxyl groups is 3. The molecule has 0 aliphatic carbocycles. The minimum Gasteiger partial charge on any atom is -0.406 e. The summed E-state index contributed by atoms with van der Waals surface area (Å²) in [5.74, 6) is -3.51. The van der Waals surface area contributed by atoms with Crippen LogP contribution in [0.1, 0.15) is 96.8 Å². The quantitative estimate of drug-likeness (QED) is 0.130. The zero-order valence-corrected chi connectivity index (χ0v) is 17.9. The number of methoxy groups -OCH3 is 1. The molecule has 0 aliphatic heterocycles. The maximum absolute atomic E-state index is 11.6. The van der Waals surface area contributed by atoms with E-state index < -0.39 is 24.7 Å². The number of esters is 1. The van der Waals surface area contributed by atoms with Crippen LogP contribution in [0.4, 0.5) is 0 Å². The summed E-state index contributed by atoms with van der Waals surface area (Å²) in [6, 6.07) is 0. The molecule has 1 atom stereocenters. The van der Waals surface area contributed by atoms with Crippen LogP contribution in [0.25, 0.3) is 0 Å². The summed E-state index contributed by atoms with van der Waals surface area (Å²) in [6.45, 7) is 1.58. The predicted molar refractivity (Wildman–Crippen MR) is 111 cm³/mol. The minimum atomic E-state index is -2.80. The highest BCUT2D eigenvalue weighted by molar-refractivity contribution is 5.69. The second-order valence-electron chi connectivity index (χ2n) is 7.37. The van der Waals surface area contributed by atoms with Gasteiger partial charge in [-0.05, 0) is 32.1 Å². The van der Waals surface area contributed by atoms with Crippen molar-refractivity contribution in [1.82, 2.24) is 0 Å². The van der Waals surface area contributed by atoms with E-state index in [9.17, 15) is 15.0 Å². The van der Waals surface area contributed by atoms with Gasteiger partial charge in [-0.25, -0.2) is 0 Å². The fourth-order valence-corrected chi connectivity index (χ4v) is 2.97. The van der Waals surface area contributed by atoms with Crippen molar-refractivity contribution >= 4 is 5.97 Å². The molecule has 0 bridgehead atoms. The molecule has 6 heteroatoms. The number of ether oxygens (including phenoxy) is 2. The van der Waals surface area contributed by atoms with E-state index >= 15 is 0 Å². The lowest BCUT2D eigenvalue weighted by atomic mass is 10.1. The van der Waals surface area contributed by atoms with E-state index in [4.69, 9.17) is 5.11 Å². The summed E-state index contributed by atoms with van der Waals surface area (Å²) in [6.07, 6.45) is 18.5. The van der Waals surface area contributed by atoms with E-state index in [2.05, 4.69) is 28.5 Å². The minimum absolute atomic E-state index is 0.114. The van der Waals surface area contributed by atoms with E-state index in [0.717, 1.165) is 32.1 Å². The number of carbonyl (C=O) groups excluding carboxylic acids is 1. The van der Waals surface area contributed by atoms with Crippen LogP contribution in [0.2, 0.25) is 0 Å². The summed E-state index contributed by atoms with van der Waals surface area (Å²) in [7, 11) is 1.19. The number of carbonyl (C=O) groups is 1. The Morgan fingerprint density at radius 2 is 1.39 bits per heavy atom. The molecule has 6 nitrogen and oxygen atoms in total. The first kappa shape index (κ1) is 27.0. The van der Waals surface area contributed by atoms with Gasteiger partial charge in [0.1, 0.15) is 0 Å². The molecule has 1 unspecified atom stereocenters. The Bertz CT molecular complexity index is 390. The Labute approximate surface area is 170 Å². The summed E-state index contributed by atoms with van der Waals surface area (Å²) in [5.41, 5.74) is 0. The van der Waals surface area contributed by atoms with Crippen molar-refractivity contribution in [2.75, 3.05) is 13.7 Å². The van der Waals surface area contributed by atoms with Gasteiger partial charge in [0.2, 0.25) is 0 Å². The molecule has 0 heterocycles. The van der Waals surface area contributed by atoms with Crippen molar-refractivity contribution in [3.63, 3.8) is 0 Å². The molecule has 0 aromatic heterocycles. The van der Waals surface area contributed by atoms with Crippen molar-refractivity contribution in [3.8, 4) is 0 Å². The van der Waals surface area contributed by atoms with Crippen LogP contribution in [0, 0.1) is 0 Å². The molecule has 0 fully saturated rings. The maximum atomic E-state index is 11.6. The molecule has 28 heavy (non-hydrogen) atoms. The van der Waals surface area contributed by atoms with Gasteiger partial charge in [-0.3, -0.25) is 4.79 Å². The lowest BCUT2D eigenvalue weighted by molar-refractivity contribution is -0.364. The third kappa shape index (κ3) is 15.0. The van der Waals surface area contributed by atoms with Gasteiger partial charge in [-0.1, -0.05) is 70.4 Å². The van der Waals surface area contributed by atoms with E-state index in [1.54, 1.807) is 0 Å². The van der Waals surface area contributed by atoms with Crippen LogP contribution in [0.5, 0.6) is 0 Å². The molecule has 0 aromatic rings. The third-order valence-corrected chi connectivity index (χ3v) is 4.78. The van der Waals surface area contributed by atoms with Crippen molar-refractivity contribution in [3.05, 3.63) is 12.2 Å².